The highest BCUT2D eigenvalue weighted by Gasteiger charge is 2.32. The van der Waals surface area contributed by atoms with Gasteiger partial charge in [-0.25, -0.2) is 5.01 Å². The molecule has 0 saturated carbocycles. The van der Waals surface area contributed by atoms with E-state index in [1.54, 1.807) is 35.6 Å². The molecule has 0 saturated heterocycles. The lowest BCUT2D eigenvalue weighted by molar-refractivity contribution is 0.0675. The number of nitrogens with zero attached hydrogens (tertiary/aromatic N) is 1. The van der Waals surface area contributed by atoms with Gasteiger partial charge >= 0.3 is 0 Å². The van der Waals surface area contributed by atoms with Gasteiger partial charge in [0.15, 0.2) is 0 Å². The van der Waals surface area contributed by atoms with Crippen LogP contribution in [0.1, 0.15) is 26.8 Å². The summed E-state index contributed by atoms with van der Waals surface area (Å²) >= 11 is 7.87. The number of hydrogen-bond acceptors (Lipinski definition) is 4. The lowest BCUT2D eigenvalue weighted by Gasteiger charge is -2.25. The number of hydrazine groups is 1. The lowest BCUT2D eigenvalue weighted by Crippen LogP contribution is -2.39. The van der Waals surface area contributed by atoms with Crippen molar-refractivity contribution in [2.24, 2.45) is 0 Å². The third-order valence-electron chi connectivity index (χ3n) is 4.38. The van der Waals surface area contributed by atoms with E-state index >= 15 is 0 Å². The molecular formula is C21H17ClN2O2S. The summed E-state index contributed by atoms with van der Waals surface area (Å²) in [7, 11) is 1.64. The molecule has 0 spiro atoms. The Morgan fingerprint density at radius 1 is 1.15 bits per heavy atom. The van der Waals surface area contributed by atoms with Crippen LogP contribution in [0, 0.1) is 0 Å². The molecule has 1 unspecified atom stereocenters. The molecule has 1 aliphatic rings. The maximum absolute atomic E-state index is 13.2. The van der Waals surface area contributed by atoms with E-state index in [2.05, 4.69) is 11.5 Å². The average molecular weight is 397 g/mol. The van der Waals surface area contributed by atoms with Crippen LogP contribution in [-0.4, -0.2) is 18.0 Å². The van der Waals surface area contributed by atoms with Crippen molar-refractivity contribution in [1.82, 2.24) is 10.4 Å². The van der Waals surface area contributed by atoms with Crippen molar-refractivity contribution >= 4 is 34.5 Å². The molecule has 2 heterocycles. The van der Waals surface area contributed by atoms with Crippen LogP contribution in [0.5, 0.6) is 5.75 Å². The summed E-state index contributed by atoms with van der Waals surface area (Å²) in [6, 6.07) is 18.6. The first-order valence-corrected chi connectivity index (χ1v) is 9.67. The first-order valence-electron chi connectivity index (χ1n) is 8.42. The van der Waals surface area contributed by atoms with E-state index in [1.807, 2.05) is 53.9 Å². The number of carbonyl (C=O) groups is 1. The molecule has 6 heteroatoms. The molecule has 1 atom stereocenters. The number of halogens is 1. The number of nitrogens with one attached hydrogen (secondary N) is 1. The molecule has 0 radical (unpaired) electrons. The van der Waals surface area contributed by atoms with Gasteiger partial charge in [-0.3, -0.25) is 10.2 Å². The molecule has 1 amide bonds. The molecule has 4 nitrogen and oxygen atoms in total. The predicted octanol–water partition coefficient (Wildman–Crippen LogP) is 5.15. The molecule has 0 fully saturated rings. The third kappa shape index (κ3) is 3.44. The summed E-state index contributed by atoms with van der Waals surface area (Å²) in [5, 5.41) is 4.07. The Hall–Kier alpha value is -2.76. The zero-order valence-corrected chi connectivity index (χ0v) is 16.1. The Labute approximate surface area is 166 Å². The van der Waals surface area contributed by atoms with Crippen molar-refractivity contribution in [3.05, 3.63) is 93.1 Å². The second-order valence-electron chi connectivity index (χ2n) is 6.04. The van der Waals surface area contributed by atoms with Crippen LogP contribution in [-0.2, 0) is 0 Å². The standard InChI is InChI=1S/C21H17ClN2O2S/c1-26-15-7-4-6-14(12-15)18-13-19(20-10-5-11-27-20)24(23-18)21(25)16-8-2-3-9-17(16)22/h2-13,19,23H,1H3. The summed E-state index contributed by atoms with van der Waals surface area (Å²) in [4.78, 5) is 14.3. The van der Waals surface area contributed by atoms with Gasteiger partial charge in [0.1, 0.15) is 11.8 Å². The lowest BCUT2D eigenvalue weighted by atomic mass is 10.1. The minimum absolute atomic E-state index is 0.173. The van der Waals surface area contributed by atoms with E-state index in [0.717, 1.165) is 21.9 Å². The molecule has 1 aromatic heterocycles. The Morgan fingerprint density at radius 3 is 2.74 bits per heavy atom. The molecule has 2 aromatic carbocycles. The summed E-state index contributed by atoms with van der Waals surface area (Å²) in [5.74, 6) is 0.590. The number of carbonyl (C=O) groups excluding carboxylic acids is 1. The number of methoxy groups -OCH3 is 1. The summed E-state index contributed by atoms with van der Waals surface area (Å²) in [5.41, 5.74) is 5.53. The van der Waals surface area contributed by atoms with E-state index in [9.17, 15) is 4.79 Å². The highest BCUT2D eigenvalue weighted by molar-refractivity contribution is 7.10. The van der Waals surface area contributed by atoms with Gasteiger partial charge in [0.2, 0.25) is 0 Å². The smallest absolute Gasteiger partial charge is 0.274 e. The molecule has 4 rings (SSSR count). The highest BCUT2D eigenvalue weighted by atomic mass is 35.5. The van der Waals surface area contributed by atoms with Gasteiger partial charge < -0.3 is 4.74 Å². The number of amides is 1. The molecule has 1 N–H and O–H groups in total. The molecule has 136 valence electrons. The summed E-state index contributed by atoms with van der Waals surface area (Å²) in [6.07, 6.45) is 2.05. The summed E-state index contributed by atoms with van der Waals surface area (Å²) < 4.78 is 5.32. The van der Waals surface area contributed by atoms with Crippen molar-refractivity contribution in [3.63, 3.8) is 0 Å². The van der Waals surface area contributed by atoms with Gasteiger partial charge in [0.05, 0.1) is 23.4 Å². The van der Waals surface area contributed by atoms with Crippen molar-refractivity contribution < 1.29 is 9.53 Å². The average Bonchev–Trinajstić information content (AvgIpc) is 3.37. The minimum Gasteiger partial charge on any atom is -0.497 e. The quantitative estimate of drug-likeness (QED) is 0.662. The number of thiophene rings is 1. The Kier molecular flexibility index (Phi) is 4.88. The van der Waals surface area contributed by atoms with E-state index < -0.39 is 0 Å². The van der Waals surface area contributed by atoms with E-state index in [-0.39, 0.29) is 11.9 Å². The second-order valence-corrected chi connectivity index (χ2v) is 7.43. The first-order chi connectivity index (χ1) is 13.2. The van der Waals surface area contributed by atoms with Gasteiger partial charge in [0, 0.05) is 10.4 Å². The van der Waals surface area contributed by atoms with Crippen LogP contribution in [0.3, 0.4) is 0 Å². The predicted molar refractivity (Wildman–Crippen MR) is 109 cm³/mol. The Bertz CT molecular complexity index is 1000. The minimum atomic E-state index is -0.213. The maximum Gasteiger partial charge on any atom is 0.274 e. The van der Waals surface area contributed by atoms with Gasteiger partial charge in [0.25, 0.3) is 5.91 Å². The number of ether oxygens (including phenoxy) is 1. The normalized spacial score (nSPS) is 16.0. The van der Waals surface area contributed by atoms with E-state index in [1.165, 1.54) is 0 Å². The van der Waals surface area contributed by atoms with Crippen LogP contribution >= 0.6 is 22.9 Å². The fraction of sp³-hybridized carbons (Fsp3) is 0.0952. The van der Waals surface area contributed by atoms with Crippen molar-refractivity contribution in [3.8, 4) is 5.75 Å². The zero-order valence-electron chi connectivity index (χ0n) is 14.6. The van der Waals surface area contributed by atoms with E-state index in [4.69, 9.17) is 16.3 Å². The van der Waals surface area contributed by atoms with Gasteiger partial charge in [-0.1, -0.05) is 41.9 Å². The molecule has 1 aliphatic heterocycles. The van der Waals surface area contributed by atoms with Crippen molar-refractivity contribution in [2.45, 2.75) is 6.04 Å². The SMILES string of the molecule is COc1cccc(C2=CC(c3cccs3)N(C(=O)c3ccccc3Cl)N2)c1. The van der Waals surface area contributed by atoms with Gasteiger partial charge in [-0.15, -0.1) is 11.3 Å². The topological polar surface area (TPSA) is 41.6 Å². The Balaban J connectivity index is 1.72. The molecule has 3 aromatic rings. The van der Waals surface area contributed by atoms with Crippen LogP contribution in [0.4, 0.5) is 0 Å². The molecule has 0 aliphatic carbocycles. The number of hydrogen-bond donors (Lipinski definition) is 1. The highest BCUT2D eigenvalue weighted by Crippen LogP contribution is 2.35. The molecular weight excluding hydrogens is 380 g/mol. The molecule has 27 heavy (non-hydrogen) atoms. The monoisotopic (exact) mass is 396 g/mol. The van der Waals surface area contributed by atoms with Crippen molar-refractivity contribution in [1.29, 1.82) is 0 Å². The largest absolute Gasteiger partial charge is 0.497 e. The van der Waals surface area contributed by atoms with E-state index in [0.29, 0.717) is 10.6 Å². The zero-order chi connectivity index (χ0) is 18.8. The fourth-order valence-corrected chi connectivity index (χ4v) is 4.03. The van der Waals surface area contributed by atoms with Crippen LogP contribution in [0.2, 0.25) is 5.02 Å². The number of benzene rings is 2. The van der Waals surface area contributed by atoms with Gasteiger partial charge in [-0.2, -0.15) is 0 Å². The second kappa shape index (κ2) is 7.47. The fourth-order valence-electron chi connectivity index (χ4n) is 3.03. The van der Waals surface area contributed by atoms with Crippen LogP contribution in [0.25, 0.3) is 5.70 Å². The molecule has 0 bridgehead atoms. The number of rotatable bonds is 4. The first kappa shape index (κ1) is 17.6. The summed E-state index contributed by atoms with van der Waals surface area (Å²) in [6.45, 7) is 0. The Morgan fingerprint density at radius 2 is 2.00 bits per heavy atom. The maximum atomic E-state index is 13.2. The van der Waals surface area contributed by atoms with Crippen molar-refractivity contribution in [2.75, 3.05) is 7.11 Å². The van der Waals surface area contributed by atoms with Crippen LogP contribution in [0.15, 0.2) is 72.1 Å². The third-order valence-corrected chi connectivity index (χ3v) is 5.65. The van der Waals surface area contributed by atoms with Gasteiger partial charge in [-0.05, 0) is 41.8 Å². The van der Waals surface area contributed by atoms with Crippen LogP contribution < -0.4 is 10.2 Å².